The van der Waals surface area contributed by atoms with Crippen LogP contribution in [-0.4, -0.2) is 30.9 Å². The Labute approximate surface area is 231 Å². The Morgan fingerprint density at radius 1 is 1.24 bits per heavy atom. The van der Waals surface area contributed by atoms with Crippen LogP contribution < -0.4 is 24.4 Å². The van der Waals surface area contributed by atoms with Crippen molar-refractivity contribution in [1.82, 2.24) is 4.57 Å². The number of hydrogen-bond acceptors (Lipinski definition) is 8. The third kappa shape index (κ3) is 5.33. The van der Waals surface area contributed by atoms with E-state index in [9.17, 15) is 9.59 Å². The third-order valence-electron chi connectivity index (χ3n) is 5.68. The number of aromatic nitrogens is 1. The number of rotatable bonds is 8. The summed E-state index contributed by atoms with van der Waals surface area (Å²) in [5.74, 6) is 0.474. The Hall–Kier alpha value is -3.43. The maximum Gasteiger partial charge on any atom is 0.338 e. The number of fused-ring (bicyclic) bond motifs is 1. The molecule has 0 bridgehead atoms. The van der Waals surface area contributed by atoms with Crippen molar-refractivity contribution in [1.29, 1.82) is 5.26 Å². The zero-order chi connectivity index (χ0) is 26.5. The molecule has 0 amide bonds. The molecule has 37 heavy (non-hydrogen) atoms. The first-order chi connectivity index (χ1) is 17.9. The molecular weight excluding hydrogens is 605 g/mol. The summed E-state index contributed by atoms with van der Waals surface area (Å²) in [6, 6.07) is 14.4. The van der Waals surface area contributed by atoms with Gasteiger partial charge in [-0.25, -0.2) is 9.79 Å². The molecule has 10 heteroatoms. The SMILES string of the molecule is CCOc1cc(/C=c2\sc3n(c2=O)[C@@H](c2ccccc2)C(C(=O)OC)=C(CC)N=3)cc(I)c1OCC#N. The van der Waals surface area contributed by atoms with Crippen LogP contribution in [0.4, 0.5) is 0 Å². The molecule has 1 aliphatic rings. The molecule has 0 spiro atoms. The summed E-state index contributed by atoms with van der Waals surface area (Å²) in [5.41, 5.74) is 2.24. The number of halogens is 1. The van der Waals surface area contributed by atoms with Crippen molar-refractivity contribution in [3.8, 4) is 17.6 Å². The van der Waals surface area contributed by atoms with E-state index < -0.39 is 12.0 Å². The number of carbonyl (C=O) groups is 1. The fourth-order valence-corrected chi connectivity index (χ4v) is 5.95. The van der Waals surface area contributed by atoms with E-state index in [2.05, 4.69) is 27.6 Å². The Bertz CT molecular complexity index is 1580. The molecule has 2 aromatic carbocycles. The standard InChI is InChI=1S/C27H24IN3O5S/c1-4-19-22(26(33)34-3)23(17-9-7-6-8-10-17)31-25(32)21(37-27(31)30-19)15-16-13-18(28)24(36-12-11-29)20(14-16)35-5-2/h6-10,13-15,23H,4-5,12H2,1-3H3/b21-15-/t23-/m0/s1. The van der Waals surface area contributed by atoms with Crippen LogP contribution in [0, 0.1) is 14.9 Å². The number of benzene rings is 2. The van der Waals surface area contributed by atoms with Gasteiger partial charge in [-0.15, -0.1) is 0 Å². The van der Waals surface area contributed by atoms with Gasteiger partial charge in [0.15, 0.2) is 22.9 Å². The second kappa shape index (κ2) is 11.7. The number of nitrogens with zero attached hydrogens (tertiary/aromatic N) is 3. The van der Waals surface area contributed by atoms with Crippen LogP contribution in [0.15, 0.2) is 63.5 Å². The molecule has 8 nitrogen and oxygen atoms in total. The predicted molar refractivity (Wildman–Crippen MR) is 148 cm³/mol. The van der Waals surface area contributed by atoms with Crippen LogP contribution in [0.3, 0.4) is 0 Å². The zero-order valence-electron chi connectivity index (χ0n) is 20.5. The molecule has 0 fully saturated rings. The number of carbonyl (C=O) groups excluding carboxylic acids is 1. The first-order valence-electron chi connectivity index (χ1n) is 11.6. The van der Waals surface area contributed by atoms with Crippen molar-refractivity contribution < 1.29 is 19.0 Å². The molecular formula is C27H24IN3O5S. The highest BCUT2D eigenvalue weighted by Crippen LogP contribution is 2.35. The van der Waals surface area contributed by atoms with Gasteiger partial charge in [0, 0.05) is 0 Å². The van der Waals surface area contributed by atoms with Gasteiger partial charge in [-0.1, -0.05) is 48.6 Å². The molecule has 190 valence electrons. The van der Waals surface area contributed by atoms with Crippen molar-refractivity contribution in [2.45, 2.75) is 26.3 Å². The van der Waals surface area contributed by atoms with Gasteiger partial charge in [-0.2, -0.15) is 5.26 Å². The highest BCUT2D eigenvalue weighted by molar-refractivity contribution is 14.1. The van der Waals surface area contributed by atoms with Gasteiger partial charge < -0.3 is 14.2 Å². The number of nitriles is 1. The molecule has 3 aromatic rings. The fourth-order valence-electron chi connectivity index (χ4n) is 4.15. The quantitative estimate of drug-likeness (QED) is 0.278. The average Bonchev–Trinajstić information content (AvgIpc) is 3.21. The first kappa shape index (κ1) is 26.6. The molecule has 4 rings (SSSR count). The Balaban J connectivity index is 1.92. The van der Waals surface area contributed by atoms with Crippen LogP contribution >= 0.6 is 33.9 Å². The van der Waals surface area contributed by atoms with Gasteiger partial charge in [0.25, 0.3) is 5.56 Å². The van der Waals surface area contributed by atoms with E-state index in [0.717, 1.165) is 14.7 Å². The van der Waals surface area contributed by atoms with Crippen molar-refractivity contribution in [2.24, 2.45) is 4.99 Å². The molecule has 0 N–H and O–H groups in total. The lowest BCUT2D eigenvalue weighted by Gasteiger charge is -2.25. The Kier molecular flexibility index (Phi) is 8.45. The zero-order valence-corrected chi connectivity index (χ0v) is 23.5. The smallest absolute Gasteiger partial charge is 0.338 e. The van der Waals surface area contributed by atoms with Crippen LogP contribution in [0.2, 0.25) is 0 Å². The number of methoxy groups -OCH3 is 1. The molecule has 1 aliphatic heterocycles. The minimum Gasteiger partial charge on any atom is -0.490 e. The van der Waals surface area contributed by atoms with E-state index in [1.54, 1.807) is 16.7 Å². The van der Waals surface area contributed by atoms with Crippen LogP contribution in [0.25, 0.3) is 6.08 Å². The Morgan fingerprint density at radius 2 is 2.00 bits per heavy atom. The van der Waals surface area contributed by atoms with Crippen molar-refractivity contribution in [3.05, 3.63) is 88.1 Å². The van der Waals surface area contributed by atoms with Gasteiger partial charge in [0.2, 0.25) is 0 Å². The van der Waals surface area contributed by atoms with E-state index in [1.807, 2.05) is 56.3 Å². The van der Waals surface area contributed by atoms with E-state index >= 15 is 0 Å². The summed E-state index contributed by atoms with van der Waals surface area (Å²) in [4.78, 5) is 31.9. The summed E-state index contributed by atoms with van der Waals surface area (Å²) in [5, 5.41) is 8.91. The van der Waals surface area contributed by atoms with Crippen LogP contribution in [-0.2, 0) is 9.53 Å². The highest BCUT2D eigenvalue weighted by Gasteiger charge is 2.33. The number of hydrogen-bond donors (Lipinski definition) is 0. The summed E-state index contributed by atoms with van der Waals surface area (Å²) < 4.78 is 19.2. The summed E-state index contributed by atoms with van der Waals surface area (Å²) in [6.45, 7) is 4.10. The summed E-state index contributed by atoms with van der Waals surface area (Å²) in [6.07, 6.45) is 2.29. The number of ether oxygens (including phenoxy) is 3. The van der Waals surface area contributed by atoms with Crippen molar-refractivity contribution in [2.75, 3.05) is 20.3 Å². The van der Waals surface area contributed by atoms with Gasteiger partial charge >= 0.3 is 5.97 Å². The lowest BCUT2D eigenvalue weighted by molar-refractivity contribution is -0.136. The monoisotopic (exact) mass is 629 g/mol. The maximum atomic E-state index is 13.8. The lowest BCUT2D eigenvalue weighted by Crippen LogP contribution is -2.40. The topological polar surface area (TPSA) is 103 Å². The predicted octanol–water partition coefficient (Wildman–Crippen LogP) is 3.70. The molecule has 0 radical (unpaired) electrons. The van der Waals surface area contributed by atoms with E-state index in [1.165, 1.54) is 18.4 Å². The molecule has 0 unspecified atom stereocenters. The molecule has 1 atom stereocenters. The van der Waals surface area contributed by atoms with Gasteiger partial charge in [-0.05, 0) is 65.3 Å². The first-order valence-corrected chi connectivity index (χ1v) is 13.5. The van der Waals surface area contributed by atoms with E-state index in [-0.39, 0.29) is 12.2 Å². The average molecular weight is 629 g/mol. The van der Waals surface area contributed by atoms with Gasteiger partial charge in [0.05, 0.1) is 39.1 Å². The largest absolute Gasteiger partial charge is 0.490 e. The Morgan fingerprint density at radius 3 is 2.65 bits per heavy atom. The number of esters is 1. The molecule has 0 saturated carbocycles. The molecule has 0 aliphatic carbocycles. The maximum absolute atomic E-state index is 13.8. The third-order valence-corrected chi connectivity index (χ3v) is 7.46. The van der Waals surface area contributed by atoms with Gasteiger partial charge in [0.1, 0.15) is 6.07 Å². The van der Waals surface area contributed by atoms with Gasteiger partial charge in [-0.3, -0.25) is 9.36 Å². The second-order valence-corrected chi connectivity index (χ2v) is 10.1. The summed E-state index contributed by atoms with van der Waals surface area (Å²) >= 11 is 3.38. The normalized spacial score (nSPS) is 15.0. The van der Waals surface area contributed by atoms with Crippen LogP contribution in [0.5, 0.6) is 11.5 Å². The second-order valence-electron chi connectivity index (χ2n) is 7.91. The van der Waals surface area contributed by atoms with Crippen molar-refractivity contribution >= 4 is 46.0 Å². The lowest BCUT2D eigenvalue weighted by atomic mass is 9.95. The van der Waals surface area contributed by atoms with E-state index in [0.29, 0.717) is 45.1 Å². The molecule has 0 saturated heterocycles. The van der Waals surface area contributed by atoms with Crippen LogP contribution in [0.1, 0.15) is 37.4 Å². The minimum absolute atomic E-state index is 0.101. The molecule has 2 heterocycles. The molecule has 1 aromatic heterocycles. The number of thiazole rings is 1. The highest BCUT2D eigenvalue weighted by atomic mass is 127. The minimum atomic E-state index is -0.650. The van der Waals surface area contributed by atoms with Crippen molar-refractivity contribution in [3.63, 3.8) is 0 Å². The summed E-state index contributed by atoms with van der Waals surface area (Å²) in [7, 11) is 1.33. The number of allylic oxidation sites excluding steroid dienone is 1. The fraction of sp³-hybridized carbons (Fsp3) is 0.259. The van der Waals surface area contributed by atoms with E-state index in [4.69, 9.17) is 19.5 Å².